The molecular weight excluding hydrogens is 380 g/mol. The van der Waals surface area contributed by atoms with Gasteiger partial charge in [-0.1, -0.05) is 29.3 Å². The van der Waals surface area contributed by atoms with Gasteiger partial charge in [0.1, 0.15) is 11.6 Å². The third-order valence-electron chi connectivity index (χ3n) is 5.13. The molecule has 8 heteroatoms. The number of benzene rings is 1. The summed E-state index contributed by atoms with van der Waals surface area (Å²) in [5.74, 6) is 0.934. The topological polar surface area (TPSA) is 58.4 Å². The highest BCUT2D eigenvalue weighted by atomic mass is 35.5. The van der Waals surface area contributed by atoms with Crippen molar-refractivity contribution in [3.8, 4) is 0 Å². The average molecular weight is 398 g/mol. The fourth-order valence-electron chi connectivity index (χ4n) is 3.69. The predicted molar refractivity (Wildman–Crippen MR) is 96.4 cm³/mol. The molecule has 138 valence electrons. The molecule has 1 atom stereocenters. The second-order valence-corrected chi connectivity index (χ2v) is 7.62. The van der Waals surface area contributed by atoms with Gasteiger partial charge in [-0.15, -0.1) is 0 Å². The van der Waals surface area contributed by atoms with Crippen molar-refractivity contribution in [2.45, 2.75) is 44.2 Å². The van der Waals surface area contributed by atoms with Crippen LogP contribution in [-0.4, -0.2) is 32.2 Å². The van der Waals surface area contributed by atoms with E-state index in [1.165, 1.54) is 17.0 Å². The molecule has 1 unspecified atom stereocenters. The van der Waals surface area contributed by atoms with Gasteiger partial charge in [0.2, 0.25) is 0 Å². The molecule has 1 aromatic heterocycles. The van der Waals surface area contributed by atoms with Crippen LogP contribution < -0.4 is 0 Å². The summed E-state index contributed by atoms with van der Waals surface area (Å²) in [6.45, 7) is 0.966. The molecule has 0 spiro atoms. The van der Waals surface area contributed by atoms with Crippen molar-refractivity contribution in [3.63, 3.8) is 0 Å². The van der Waals surface area contributed by atoms with Gasteiger partial charge in [-0.3, -0.25) is 4.90 Å². The van der Waals surface area contributed by atoms with Crippen molar-refractivity contribution < 1.29 is 14.3 Å². The van der Waals surface area contributed by atoms with E-state index in [2.05, 4.69) is 9.55 Å². The Labute approximate surface area is 160 Å². The average Bonchev–Trinajstić information content (AvgIpc) is 3.39. The molecule has 2 aromatic rings. The number of carbonyl (C=O) groups is 1. The summed E-state index contributed by atoms with van der Waals surface area (Å²) in [6, 6.07) is 4.27. The zero-order valence-corrected chi connectivity index (χ0v) is 15.5. The Hall–Kier alpha value is -1.79. The molecule has 1 amide bonds. The first kappa shape index (κ1) is 17.6. The van der Waals surface area contributed by atoms with Crippen molar-refractivity contribution in [3.05, 3.63) is 51.3 Å². The van der Waals surface area contributed by atoms with Gasteiger partial charge in [0.25, 0.3) is 0 Å². The summed E-state index contributed by atoms with van der Waals surface area (Å²) in [7, 11) is 0. The Morgan fingerprint density at radius 3 is 2.73 bits per heavy atom. The Morgan fingerprint density at radius 1 is 1.31 bits per heavy atom. The van der Waals surface area contributed by atoms with Crippen LogP contribution in [0, 0.1) is 5.82 Å². The number of amides is 1. The van der Waals surface area contributed by atoms with E-state index in [0.29, 0.717) is 37.0 Å². The van der Waals surface area contributed by atoms with Crippen LogP contribution in [0.25, 0.3) is 0 Å². The molecule has 1 N–H and O–H groups in total. The molecule has 0 saturated heterocycles. The fourth-order valence-corrected chi connectivity index (χ4v) is 4.12. The number of fused-ring (bicyclic) bond motifs is 1. The second-order valence-electron chi connectivity index (χ2n) is 6.85. The highest BCUT2D eigenvalue weighted by Gasteiger charge is 2.38. The Bertz CT molecular complexity index is 866. The standard InChI is InChI=1S/C18H18Cl2FN3O2/c19-12-5-1-10(9-13(12)21)2-6-14-15-16(20)22-17(11-3-4-11)24(15)8-7-23(14)18(25)26/h1,5,9,11,14H,2-4,6-8H2,(H,25,26). The molecule has 1 saturated carbocycles. The number of aryl methyl sites for hydroxylation is 1. The summed E-state index contributed by atoms with van der Waals surface area (Å²) in [4.78, 5) is 17.6. The lowest BCUT2D eigenvalue weighted by Gasteiger charge is -2.35. The third kappa shape index (κ3) is 3.16. The molecule has 26 heavy (non-hydrogen) atoms. The minimum absolute atomic E-state index is 0.0776. The Kier molecular flexibility index (Phi) is 4.57. The van der Waals surface area contributed by atoms with E-state index in [9.17, 15) is 14.3 Å². The second kappa shape index (κ2) is 6.74. The van der Waals surface area contributed by atoms with Gasteiger partial charge < -0.3 is 9.67 Å². The van der Waals surface area contributed by atoms with Gasteiger partial charge in [0.15, 0.2) is 5.15 Å². The van der Waals surface area contributed by atoms with Crippen LogP contribution in [0.15, 0.2) is 18.2 Å². The van der Waals surface area contributed by atoms with Gasteiger partial charge >= 0.3 is 6.09 Å². The number of carboxylic acid groups (broad SMARTS) is 1. The number of nitrogens with zero attached hydrogens (tertiary/aromatic N) is 3. The molecule has 1 aliphatic carbocycles. The van der Waals surface area contributed by atoms with E-state index in [-0.39, 0.29) is 5.02 Å². The summed E-state index contributed by atoms with van der Waals surface area (Å²) in [5.41, 5.74) is 1.53. The summed E-state index contributed by atoms with van der Waals surface area (Å²) in [5, 5.41) is 10.1. The van der Waals surface area contributed by atoms with Crippen molar-refractivity contribution in [2.75, 3.05) is 6.54 Å². The van der Waals surface area contributed by atoms with Crippen LogP contribution in [-0.2, 0) is 13.0 Å². The highest BCUT2D eigenvalue weighted by Crippen LogP contribution is 2.44. The Morgan fingerprint density at radius 2 is 2.08 bits per heavy atom. The van der Waals surface area contributed by atoms with Crippen LogP contribution in [0.5, 0.6) is 0 Å². The van der Waals surface area contributed by atoms with Gasteiger partial charge in [0.05, 0.1) is 16.8 Å². The lowest BCUT2D eigenvalue weighted by molar-refractivity contribution is 0.106. The van der Waals surface area contributed by atoms with Crippen LogP contribution in [0.3, 0.4) is 0 Å². The van der Waals surface area contributed by atoms with E-state index in [1.54, 1.807) is 6.07 Å². The van der Waals surface area contributed by atoms with E-state index in [0.717, 1.165) is 29.9 Å². The molecule has 0 bridgehead atoms. The molecule has 1 aliphatic heterocycles. The van der Waals surface area contributed by atoms with Crippen LogP contribution in [0.4, 0.5) is 9.18 Å². The molecule has 2 heterocycles. The zero-order chi connectivity index (χ0) is 18.4. The Balaban J connectivity index is 1.63. The normalized spacial score (nSPS) is 19.5. The zero-order valence-electron chi connectivity index (χ0n) is 14.0. The molecule has 5 nitrogen and oxygen atoms in total. The molecule has 1 aromatic carbocycles. The minimum Gasteiger partial charge on any atom is -0.465 e. The summed E-state index contributed by atoms with van der Waals surface area (Å²) < 4.78 is 15.8. The number of hydrogen-bond acceptors (Lipinski definition) is 2. The first-order valence-electron chi connectivity index (χ1n) is 8.65. The minimum atomic E-state index is -0.978. The third-order valence-corrected chi connectivity index (χ3v) is 5.71. The van der Waals surface area contributed by atoms with Crippen molar-refractivity contribution in [1.82, 2.24) is 14.5 Å². The van der Waals surface area contributed by atoms with Gasteiger partial charge in [-0.2, -0.15) is 0 Å². The lowest BCUT2D eigenvalue weighted by atomic mass is 10.0. The predicted octanol–water partition coefficient (Wildman–Crippen LogP) is 4.87. The van der Waals surface area contributed by atoms with E-state index in [1.807, 2.05) is 0 Å². The molecule has 4 rings (SSSR count). The maximum absolute atomic E-state index is 13.7. The SMILES string of the molecule is O=C(O)N1CCn2c(C3CC3)nc(Cl)c2C1CCc1ccc(Cl)c(F)c1. The van der Waals surface area contributed by atoms with Crippen LogP contribution >= 0.6 is 23.2 Å². The first-order valence-corrected chi connectivity index (χ1v) is 9.40. The van der Waals surface area contributed by atoms with Crippen molar-refractivity contribution in [2.24, 2.45) is 0 Å². The van der Waals surface area contributed by atoms with Crippen molar-refractivity contribution in [1.29, 1.82) is 0 Å². The lowest BCUT2D eigenvalue weighted by Crippen LogP contribution is -2.42. The van der Waals surface area contributed by atoms with E-state index in [4.69, 9.17) is 23.2 Å². The summed E-state index contributed by atoms with van der Waals surface area (Å²) in [6.07, 6.45) is 2.24. The van der Waals surface area contributed by atoms with E-state index < -0.39 is 18.0 Å². The molecule has 1 fully saturated rings. The highest BCUT2D eigenvalue weighted by molar-refractivity contribution is 6.30. The smallest absolute Gasteiger partial charge is 0.407 e. The quantitative estimate of drug-likeness (QED) is 0.799. The largest absolute Gasteiger partial charge is 0.465 e. The van der Waals surface area contributed by atoms with Crippen LogP contribution in [0.1, 0.15) is 48.3 Å². The van der Waals surface area contributed by atoms with Gasteiger partial charge in [-0.25, -0.2) is 14.2 Å². The number of imidazole rings is 1. The number of hydrogen-bond donors (Lipinski definition) is 1. The van der Waals surface area contributed by atoms with Gasteiger partial charge in [0, 0.05) is 19.0 Å². The van der Waals surface area contributed by atoms with Crippen molar-refractivity contribution >= 4 is 29.3 Å². The number of rotatable bonds is 4. The number of aromatic nitrogens is 2. The maximum atomic E-state index is 13.7. The van der Waals surface area contributed by atoms with E-state index >= 15 is 0 Å². The monoisotopic (exact) mass is 397 g/mol. The molecular formula is C18H18Cl2FN3O2. The maximum Gasteiger partial charge on any atom is 0.407 e. The first-order chi connectivity index (χ1) is 12.5. The fraction of sp³-hybridized carbons (Fsp3) is 0.444. The van der Waals surface area contributed by atoms with Gasteiger partial charge in [-0.05, 0) is 43.4 Å². The molecule has 0 radical (unpaired) electrons. The van der Waals surface area contributed by atoms with Crippen LogP contribution in [0.2, 0.25) is 10.2 Å². The summed E-state index contributed by atoms with van der Waals surface area (Å²) >= 11 is 12.1. The molecule has 2 aliphatic rings. The number of halogens is 3.